The minimum absolute atomic E-state index is 0.900. The van der Waals surface area contributed by atoms with Crippen LogP contribution >= 0.6 is 0 Å². The van der Waals surface area contributed by atoms with Crippen LogP contribution in [0.25, 0.3) is 11.4 Å². The van der Waals surface area contributed by atoms with Crippen molar-refractivity contribution in [1.82, 2.24) is 19.8 Å². The quantitative estimate of drug-likeness (QED) is 0.338. The van der Waals surface area contributed by atoms with E-state index < -0.39 is 24.3 Å². The molecular formula is C27H30F6N4O5. The molecule has 2 aromatic carbocycles. The zero-order chi connectivity index (χ0) is 31.5. The van der Waals surface area contributed by atoms with Gasteiger partial charge in [-0.25, -0.2) is 14.6 Å². The highest BCUT2D eigenvalue weighted by molar-refractivity contribution is 5.73. The van der Waals surface area contributed by atoms with Crippen molar-refractivity contribution in [2.24, 2.45) is 0 Å². The molecule has 2 heterocycles. The molecule has 0 spiro atoms. The summed E-state index contributed by atoms with van der Waals surface area (Å²) in [4.78, 5) is 31.1. The van der Waals surface area contributed by atoms with Gasteiger partial charge in [0.05, 0.1) is 12.8 Å². The normalized spacial score (nSPS) is 14.2. The number of aliphatic carboxylic acids is 2. The molecule has 0 radical (unpaired) electrons. The summed E-state index contributed by atoms with van der Waals surface area (Å²) in [6.07, 6.45) is -10.2. The van der Waals surface area contributed by atoms with Gasteiger partial charge in [0, 0.05) is 56.1 Å². The number of carboxylic acid groups (broad SMARTS) is 2. The Bertz CT molecular complexity index is 1270. The molecule has 3 N–H and O–H groups in total. The number of aromatic nitrogens is 2. The molecule has 42 heavy (non-hydrogen) atoms. The number of imidazole rings is 1. The van der Waals surface area contributed by atoms with Crippen molar-refractivity contribution in [1.29, 1.82) is 0 Å². The number of hydrogen-bond acceptors (Lipinski definition) is 6. The lowest BCUT2D eigenvalue weighted by molar-refractivity contribution is -0.193. The maximum absolute atomic E-state index is 10.6. The van der Waals surface area contributed by atoms with Gasteiger partial charge in [-0.1, -0.05) is 48.5 Å². The summed E-state index contributed by atoms with van der Waals surface area (Å²) in [5, 5.41) is 14.2. The van der Waals surface area contributed by atoms with Crippen molar-refractivity contribution in [3.05, 3.63) is 71.5 Å². The van der Waals surface area contributed by atoms with Crippen LogP contribution in [0.15, 0.2) is 54.6 Å². The lowest BCUT2D eigenvalue weighted by Gasteiger charge is -2.34. The molecule has 0 amide bonds. The topological polar surface area (TPSA) is 119 Å². The fourth-order valence-corrected chi connectivity index (χ4v) is 3.78. The third-order valence-corrected chi connectivity index (χ3v) is 5.94. The molecule has 3 aromatic rings. The Morgan fingerprint density at radius 2 is 1.29 bits per heavy atom. The smallest absolute Gasteiger partial charge is 0.490 e. The first-order valence-corrected chi connectivity index (χ1v) is 12.4. The van der Waals surface area contributed by atoms with Gasteiger partial charge in [-0.05, 0) is 13.0 Å². The van der Waals surface area contributed by atoms with Gasteiger partial charge in [0.2, 0.25) is 0 Å². The van der Waals surface area contributed by atoms with E-state index in [2.05, 4.69) is 46.0 Å². The highest BCUT2D eigenvalue weighted by Gasteiger charge is 2.38. The van der Waals surface area contributed by atoms with E-state index in [9.17, 15) is 26.3 Å². The number of aromatic amines is 1. The molecular weight excluding hydrogens is 574 g/mol. The summed E-state index contributed by atoms with van der Waals surface area (Å²) < 4.78 is 69.0. The Kier molecular flexibility index (Phi) is 12.3. The van der Waals surface area contributed by atoms with Gasteiger partial charge < -0.3 is 19.9 Å². The first-order valence-electron chi connectivity index (χ1n) is 12.4. The van der Waals surface area contributed by atoms with Crippen molar-refractivity contribution in [2.45, 2.75) is 32.4 Å². The fourth-order valence-electron chi connectivity index (χ4n) is 3.78. The Balaban J connectivity index is 0.000000367. The van der Waals surface area contributed by atoms with Gasteiger partial charge in [-0.2, -0.15) is 26.3 Å². The van der Waals surface area contributed by atoms with E-state index in [0.29, 0.717) is 0 Å². The van der Waals surface area contributed by atoms with Gasteiger partial charge in [0.25, 0.3) is 0 Å². The predicted molar refractivity (Wildman–Crippen MR) is 140 cm³/mol. The molecule has 0 aliphatic carbocycles. The van der Waals surface area contributed by atoms with Crippen molar-refractivity contribution >= 4 is 11.9 Å². The van der Waals surface area contributed by atoms with Gasteiger partial charge >= 0.3 is 24.3 Å². The van der Waals surface area contributed by atoms with Gasteiger partial charge in [0.1, 0.15) is 11.6 Å². The molecule has 15 heteroatoms. The second-order valence-corrected chi connectivity index (χ2v) is 8.99. The van der Waals surface area contributed by atoms with E-state index in [-0.39, 0.29) is 0 Å². The molecule has 9 nitrogen and oxygen atoms in total. The van der Waals surface area contributed by atoms with Crippen LogP contribution < -0.4 is 4.74 Å². The van der Waals surface area contributed by atoms with Crippen molar-refractivity contribution in [3.63, 3.8) is 0 Å². The number of carboxylic acids is 2. The lowest BCUT2D eigenvalue weighted by Crippen LogP contribution is -2.45. The van der Waals surface area contributed by atoms with Crippen LogP contribution in [0.3, 0.4) is 0 Å². The maximum atomic E-state index is 10.6. The molecule has 0 atom stereocenters. The Morgan fingerprint density at radius 1 is 0.833 bits per heavy atom. The molecule has 0 bridgehead atoms. The number of nitrogens with one attached hydrogen (secondary N) is 1. The number of benzene rings is 2. The SMILES string of the molecule is COc1ccccc1CN1CCN(Cc2nc(-c3ccccc3)[nH]c2C)CC1.O=C(O)C(F)(F)F.O=C(O)C(F)(F)F. The largest absolute Gasteiger partial charge is 0.496 e. The minimum atomic E-state index is -5.08. The standard InChI is InChI=1S/C23H28N4O.2C2HF3O2/c1-18-21(25-23(24-18)19-8-4-3-5-9-19)17-27-14-12-26(13-15-27)16-20-10-6-7-11-22(20)28-2;2*3-2(4,5)1(6)7/h3-11H,12-17H2,1-2H3,(H,24,25);2*(H,6,7). The number of rotatable bonds is 6. The molecule has 0 saturated carbocycles. The van der Waals surface area contributed by atoms with E-state index in [1.165, 1.54) is 5.56 Å². The van der Waals surface area contributed by atoms with Gasteiger partial charge in [-0.15, -0.1) is 0 Å². The molecule has 4 rings (SSSR count). The molecule has 1 saturated heterocycles. The zero-order valence-corrected chi connectivity index (χ0v) is 22.7. The predicted octanol–water partition coefficient (Wildman–Crippen LogP) is 4.98. The van der Waals surface area contributed by atoms with E-state index in [1.54, 1.807) is 7.11 Å². The Labute approximate surface area is 237 Å². The monoisotopic (exact) mass is 604 g/mol. The summed E-state index contributed by atoms with van der Waals surface area (Å²) in [6, 6.07) is 18.6. The number of halogens is 6. The third kappa shape index (κ3) is 11.0. The number of piperazine rings is 1. The first-order chi connectivity index (χ1) is 19.6. The number of alkyl halides is 6. The lowest BCUT2D eigenvalue weighted by atomic mass is 10.1. The van der Waals surface area contributed by atoms with E-state index in [1.807, 2.05) is 30.3 Å². The number of para-hydroxylation sites is 1. The molecule has 0 unspecified atom stereocenters. The Morgan fingerprint density at radius 3 is 1.76 bits per heavy atom. The maximum Gasteiger partial charge on any atom is 0.490 e. The average Bonchev–Trinajstić information content (AvgIpc) is 3.30. The van der Waals surface area contributed by atoms with Crippen molar-refractivity contribution in [3.8, 4) is 17.1 Å². The van der Waals surface area contributed by atoms with Crippen LogP contribution in [0.5, 0.6) is 5.75 Å². The van der Waals surface area contributed by atoms with Crippen molar-refractivity contribution in [2.75, 3.05) is 33.3 Å². The van der Waals surface area contributed by atoms with Crippen LogP contribution in [0.4, 0.5) is 26.3 Å². The summed E-state index contributed by atoms with van der Waals surface area (Å²) in [6.45, 7) is 8.20. The van der Waals surface area contributed by atoms with Crippen LogP contribution in [-0.4, -0.2) is 87.6 Å². The number of methoxy groups -OCH3 is 1. The van der Waals surface area contributed by atoms with Gasteiger partial charge in [-0.3, -0.25) is 9.80 Å². The second-order valence-electron chi connectivity index (χ2n) is 8.99. The fraction of sp³-hybridized carbons (Fsp3) is 0.370. The summed E-state index contributed by atoms with van der Waals surface area (Å²) >= 11 is 0. The third-order valence-electron chi connectivity index (χ3n) is 5.94. The zero-order valence-electron chi connectivity index (χ0n) is 22.7. The molecule has 1 aliphatic heterocycles. The highest BCUT2D eigenvalue weighted by atomic mass is 19.4. The molecule has 1 aliphatic rings. The number of ether oxygens (including phenoxy) is 1. The highest BCUT2D eigenvalue weighted by Crippen LogP contribution is 2.22. The summed E-state index contributed by atoms with van der Waals surface area (Å²) in [5.41, 5.74) is 4.71. The number of nitrogens with zero attached hydrogens (tertiary/aromatic N) is 3. The molecule has 1 aromatic heterocycles. The van der Waals surface area contributed by atoms with Crippen LogP contribution in [0.2, 0.25) is 0 Å². The number of hydrogen-bond donors (Lipinski definition) is 3. The molecule has 1 fully saturated rings. The number of carbonyl (C=O) groups is 2. The van der Waals surface area contributed by atoms with E-state index >= 15 is 0 Å². The van der Waals surface area contributed by atoms with Gasteiger partial charge in [0.15, 0.2) is 0 Å². The summed E-state index contributed by atoms with van der Waals surface area (Å²) in [7, 11) is 1.74. The molecule has 230 valence electrons. The average molecular weight is 605 g/mol. The van der Waals surface area contributed by atoms with E-state index in [0.717, 1.165) is 67.8 Å². The van der Waals surface area contributed by atoms with Crippen LogP contribution in [0, 0.1) is 6.92 Å². The Hall–Kier alpha value is -4.11. The first kappa shape index (κ1) is 34.1. The van der Waals surface area contributed by atoms with E-state index in [4.69, 9.17) is 29.5 Å². The number of H-pyrrole nitrogens is 1. The van der Waals surface area contributed by atoms with Crippen LogP contribution in [-0.2, 0) is 22.7 Å². The number of aryl methyl sites for hydroxylation is 1. The van der Waals surface area contributed by atoms with Crippen molar-refractivity contribution < 1.29 is 50.9 Å². The second kappa shape index (κ2) is 15.2. The minimum Gasteiger partial charge on any atom is -0.496 e. The van der Waals surface area contributed by atoms with Crippen LogP contribution in [0.1, 0.15) is 17.0 Å². The summed E-state index contributed by atoms with van der Waals surface area (Å²) in [5.74, 6) is -3.58.